The number of aryl methyl sites for hydroxylation is 1. The van der Waals surface area contributed by atoms with Gasteiger partial charge in [0.05, 0.1) is 18.2 Å². The Hall–Kier alpha value is -1.91. The van der Waals surface area contributed by atoms with Gasteiger partial charge in [-0.05, 0) is 25.5 Å². The number of hydrogen-bond acceptors (Lipinski definition) is 3. The van der Waals surface area contributed by atoms with Gasteiger partial charge in [0.2, 0.25) is 11.8 Å². The van der Waals surface area contributed by atoms with E-state index in [9.17, 15) is 9.59 Å². The van der Waals surface area contributed by atoms with Crippen LogP contribution in [0.25, 0.3) is 0 Å². The molecule has 0 saturated carbocycles. The number of nitrogens with zero attached hydrogens (tertiary/aromatic N) is 2. The molecule has 102 valence electrons. The minimum absolute atomic E-state index is 0.0343. The molecular weight excluding hydrogens is 242 g/mol. The monoisotopic (exact) mass is 261 g/mol. The van der Waals surface area contributed by atoms with Crippen molar-refractivity contribution in [3.05, 3.63) is 29.6 Å². The molecule has 5 heteroatoms. The lowest BCUT2D eigenvalue weighted by molar-refractivity contribution is -0.136. The third kappa shape index (κ3) is 3.53. The predicted molar refractivity (Wildman–Crippen MR) is 71.2 cm³/mol. The number of hydrogen-bond donors (Lipinski definition) is 1. The van der Waals surface area contributed by atoms with E-state index in [1.807, 2.05) is 25.1 Å². The van der Waals surface area contributed by atoms with Crippen molar-refractivity contribution < 1.29 is 9.59 Å². The molecule has 1 unspecified atom stereocenters. The molecular formula is C14H19N3O2. The van der Waals surface area contributed by atoms with Crippen molar-refractivity contribution in [3.63, 3.8) is 0 Å². The van der Waals surface area contributed by atoms with Gasteiger partial charge in [-0.3, -0.25) is 14.6 Å². The minimum atomic E-state index is -0.104. The highest BCUT2D eigenvalue weighted by atomic mass is 16.2. The molecule has 0 spiro atoms. The summed E-state index contributed by atoms with van der Waals surface area (Å²) >= 11 is 0. The number of nitrogens with one attached hydrogen (secondary N) is 1. The third-order valence-corrected chi connectivity index (χ3v) is 3.34. The minimum Gasteiger partial charge on any atom is -0.355 e. The molecule has 2 heterocycles. The summed E-state index contributed by atoms with van der Waals surface area (Å²) in [6.45, 7) is 2.89. The first-order valence-electron chi connectivity index (χ1n) is 6.50. The summed E-state index contributed by atoms with van der Waals surface area (Å²) in [7, 11) is 1.78. The van der Waals surface area contributed by atoms with E-state index < -0.39 is 0 Å². The predicted octanol–water partition coefficient (Wildman–Crippen LogP) is 0.875. The van der Waals surface area contributed by atoms with Gasteiger partial charge in [0.1, 0.15) is 0 Å². The zero-order valence-electron chi connectivity index (χ0n) is 11.3. The van der Waals surface area contributed by atoms with E-state index >= 15 is 0 Å². The molecule has 0 aliphatic carbocycles. The van der Waals surface area contributed by atoms with Crippen LogP contribution in [0.5, 0.6) is 0 Å². The van der Waals surface area contributed by atoms with Crippen LogP contribution in [0.15, 0.2) is 18.2 Å². The second-order valence-electron chi connectivity index (χ2n) is 5.00. The molecule has 0 bridgehead atoms. The van der Waals surface area contributed by atoms with Crippen LogP contribution in [-0.4, -0.2) is 35.3 Å². The molecule has 5 nitrogen and oxygen atoms in total. The average molecular weight is 261 g/mol. The Labute approximate surface area is 113 Å². The van der Waals surface area contributed by atoms with Crippen molar-refractivity contribution >= 4 is 11.8 Å². The summed E-state index contributed by atoms with van der Waals surface area (Å²) < 4.78 is 0. The fourth-order valence-electron chi connectivity index (χ4n) is 2.26. The van der Waals surface area contributed by atoms with Crippen molar-refractivity contribution in [2.75, 3.05) is 13.6 Å². The molecule has 2 rings (SSSR count). The van der Waals surface area contributed by atoms with Gasteiger partial charge in [0.25, 0.3) is 0 Å². The first kappa shape index (κ1) is 13.5. The van der Waals surface area contributed by atoms with Crippen LogP contribution in [0.1, 0.15) is 24.2 Å². The second-order valence-corrected chi connectivity index (χ2v) is 5.00. The van der Waals surface area contributed by atoms with Crippen LogP contribution in [0.3, 0.4) is 0 Å². The highest BCUT2D eigenvalue weighted by Gasteiger charge is 2.26. The topological polar surface area (TPSA) is 62.3 Å². The van der Waals surface area contributed by atoms with Gasteiger partial charge in [-0.25, -0.2) is 0 Å². The number of carbonyl (C=O) groups excluding carboxylic acids is 2. The summed E-state index contributed by atoms with van der Waals surface area (Å²) in [6, 6.07) is 5.79. The highest BCUT2D eigenvalue weighted by molar-refractivity contribution is 5.83. The van der Waals surface area contributed by atoms with E-state index in [1.165, 1.54) is 0 Å². The third-order valence-electron chi connectivity index (χ3n) is 3.34. The van der Waals surface area contributed by atoms with Gasteiger partial charge in [-0.1, -0.05) is 6.07 Å². The maximum atomic E-state index is 12.2. The van der Waals surface area contributed by atoms with Crippen molar-refractivity contribution in [2.45, 2.75) is 26.3 Å². The smallest absolute Gasteiger partial charge is 0.227 e. The van der Waals surface area contributed by atoms with Crippen LogP contribution < -0.4 is 5.32 Å². The summed E-state index contributed by atoms with van der Waals surface area (Å²) in [5.74, 6) is 0.00266. The van der Waals surface area contributed by atoms with Crippen molar-refractivity contribution in [1.29, 1.82) is 0 Å². The maximum absolute atomic E-state index is 12.2. The zero-order valence-corrected chi connectivity index (χ0v) is 11.3. The van der Waals surface area contributed by atoms with E-state index in [4.69, 9.17) is 0 Å². The van der Waals surface area contributed by atoms with Crippen molar-refractivity contribution in [3.8, 4) is 0 Å². The number of amides is 2. The van der Waals surface area contributed by atoms with Gasteiger partial charge in [-0.2, -0.15) is 0 Å². The van der Waals surface area contributed by atoms with Gasteiger partial charge in [0, 0.05) is 25.7 Å². The SMILES string of the molecule is Cc1cccc(CN(C)C(=O)C2CCC(=O)NC2)n1. The Bertz CT molecular complexity index is 477. The lowest BCUT2D eigenvalue weighted by Gasteiger charge is -2.26. The van der Waals surface area contributed by atoms with Crippen LogP contribution in [0, 0.1) is 12.8 Å². The summed E-state index contributed by atoms with van der Waals surface area (Å²) in [5.41, 5.74) is 1.83. The van der Waals surface area contributed by atoms with Crippen LogP contribution in [0.2, 0.25) is 0 Å². The number of pyridine rings is 1. The van der Waals surface area contributed by atoms with Gasteiger partial charge in [-0.15, -0.1) is 0 Å². The number of carbonyl (C=O) groups is 2. The first-order valence-corrected chi connectivity index (χ1v) is 6.50. The standard InChI is InChI=1S/C14H19N3O2/c1-10-4-3-5-12(16-10)9-17(2)14(19)11-6-7-13(18)15-8-11/h3-5,11H,6-9H2,1-2H3,(H,15,18). The Morgan fingerprint density at radius 1 is 1.53 bits per heavy atom. The second kappa shape index (κ2) is 5.82. The van der Waals surface area contributed by atoms with E-state index in [0.717, 1.165) is 11.4 Å². The Balaban J connectivity index is 1.94. The molecule has 19 heavy (non-hydrogen) atoms. The van der Waals surface area contributed by atoms with Crippen molar-refractivity contribution in [2.24, 2.45) is 5.92 Å². The first-order chi connectivity index (χ1) is 9.06. The quantitative estimate of drug-likeness (QED) is 0.878. The highest BCUT2D eigenvalue weighted by Crippen LogP contribution is 2.14. The van der Waals surface area contributed by atoms with Crippen LogP contribution >= 0.6 is 0 Å². The molecule has 1 aliphatic rings. The number of piperidine rings is 1. The summed E-state index contributed by atoms with van der Waals surface area (Å²) in [4.78, 5) is 29.4. The molecule has 1 atom stereocenters. The molecule has 1 N–H and O–H groups in total. The fourth-order valence-corrected chi connectivity index (χ4v) is 2.26. The van der Waals surface area contributed by atoms with Crippen LogP contribution in [0.4, 0.5) is 0 Å². The molecule has 0 aromatic carbocycles. The molecule has 1 aromatic rings. The van der Waals surface area contributed by atoms with E-state index in [0.29, 0.717) is 25.9 Å². The normalized spacial score (nSPS) is 18.8. The number of aromatic nitrogens is 1. The molecule has 1 aliphatic heterocycles. The lowest BCUT2D eigenvalue weighted by atomic mass is 9.98. The zero-order chi connectivity index (χ0) is 13.8. The van der Waals surface area contributed by atoms with E-state index in [-0.39, 0.29) is 17.7 Å². The van der Waals surface area contributed by atoms with Gasteiger partial charge < -0.3 is 10.2 Å². The largest absolute Gasteiger partial charge is 0.355 e. The molecule has 1 aromatic heterocycles. The Morgan fingerprint density at radius 3 is 2.95 bits per heavy atom. The molecule has 1 fully saturated rings. The summed E-state index contributed by atoms with van der Waals surface area (Å²) in [6.07, 6.45) is 1.07. The fraction of sp³-hybridized carbons (Fsp3) is 0.500. The van der Waals surface area contributed by atoms with E-state index in [2.05, 4.69) is 10.3 Å². The Morgan fingerprint density at radius 2 is 2.32 bits per heavy atom. The average Bonchev–Trinajstić information content (AvgIpc) is 2.39. The van der Waals surface area contributed by atoms with E-state index in [1.54, 1.807) is 11.9 Å². The Kier molecular flexibility index (Phi) is 4.14. The van der Waals surface area contributed by atoms with Crippen molar-refractivity contribution in [1.82, 2.24) is 15.2 Å². The van der Waals surface area contributed by atoms with Crippen LogP contribution in [-0.2, 0) is 16.1 Å². The van der Waals surface area contributed by atoms with Gasteiger partial charge in [0.15, 0.2) is 0 Å². The van der Waals surface area contributed by atoms with Gasteiger partial charge >= 0.3 is 0 Å². The lowest BCUT2D eigenvalue weighted by Crippen LogP contribution is -2.43. The molecule has 1 saturated heterocycles. The molecule has 0 radical (unpaired) electrons. The molecule has 2 amide bonds. The number of rotatable bonds is 3. The maximum Gasteiger partial charge on any atom is 0.227 e. The summed E-state index contributed by atoms with van der Waals surface area (Å²) in [5, 5.41) is 2.74.